The number of aldehydes is 2. The molecule has 0 N–H and O–H groups in total. The third-order valence-corrected chi connectivity index (χ3v) is 4.93. The van der Waals surface area contributed by atoms with Crippen LogP contribution in [0, 0.1) is 10.8 Å². The summed E-state index contributed by atoms with van der Waals surface area (Å²) >= 11 is 0. The van der Waals surface area contributed by atoms with Crippen LogP contribution < -0.4 is 0 Å². The molecule has 90 valence electrons. The zero-order valence-corrected chi connectivity index (χ0v) is 10.0. The molecule has 0 amide bonds. The van der Waals surface area contributed by atoms with Crippen LogP contribution in [0.1, 0.15) is 64.2 Å². The normalized spacial score (nSPS) is 28.2. The first-order chi connectivity index (χ1) is 7.79. The van der Waals surface area contributed by atoms with E-state index in [0.717, 1.165) is 63.9 Å². The highest BCUT2D eigenvalue weighted by Gasteiger charge is 2.51. The molecule has 0 atom stereocenters. The molecule has 0 bridgehead atoms. The minimum atomic E-state index is -0.312. The van der Waals surface area contributed by atoms with Crippen LogP contribution in [-0.4, -0.2) is 12.6 Å². The Balaban J connectivity index is 2.28. The van der Waals surface area contributed by atoms with Crippen LogP contribution in [-0.2, 0) is 9.59 Å². The summed E-state index contributed by atoms with van der Waals surface area (Å²) in [5, 5.41) is 0. The van der Waals surface area contributed by atoms with Gasteiger partial charge in [-0.25, -0.2) is 0 Å². The second-order valence-electron chi connectivity index (χ2n) is 5.67. The zero-order chi connectivity index (χ0) is 11.5. The summed E-state index contributed by atoms with van der Waals surface area (Å²) < 4.78 is 0. The van der Waals surface area contributed by atoms with Crippen LogP contribution in [0.25, 0.3) is 0 Å². The Bertz CT molecular complexity index is 230. The number of carbonyl (C=O) groups excluding carboxylic acids is 2. The molecule has 2 aliphatic carbocycles. The maximum absolute atomic E-state index is 11.6. The Labute approximate surface area is 97.8 Å². The summed E-state index contributed by atoms with van der Waals surface area (Å²) in [5.74, 6) is 0. The van der Waals surface area contributed by atoms with Crippen molar-refractivity contribution in [2.45, 2.75) is 64.2 Å². The molecule has 0 aliphatic heterocycles. The van der Waals surface area contributed by atoms with Crippen LogP contribution in [0.2, 0.25) is 0 Å². The molecule has 0 aromatic carbocycles. The van der Waals surface area contributed by atoms with Gasteiger partial charge in [-0.15, -0.1) is 0 Å². The Kier molecular flexibility index (Phi) is 3.46. The van der Waals surface area contributed by atoms with Gasteiger partial charge in [0.1, 0.15) is 12.6 Å². The average Bonchev–Trinajstić information content (AvgIpc) is 2.40. The van der Waals surface area contributed by atoms with Gasteiger partial charge in [-0.2, -0.15) is 0 Å². The lowest BCUT2D eigenvalue weighted by molar-refractivity contribution is -0.141. The molecule has 2 heteroatoms. The van der Waals surface area contributed by atoms with Gasteiger partial charge in [-0.05, 0) is 25.7 Å². The van der Waals surface area contributed by atoms with E-state index in [2.05, 4.69) is 0 Å². The maximum atomic E-state index is 11.6. The van der Waals surface area contributed by atoms with Gasteiger partial charge < -0.3 is 9.59 Å². The molecule has 0 aromatic rings. The van der Waals surface area contributed by atoms with Gasteiger partial charge in [0.15, 0.2) is 0 Å². The molecule has 2 fully saturated rings. The quantitative estimate of drug-likeness (QED) is 0.687. The second-order valence-corrected chi connectivity index (χ2v) is 5.67. The Hall–Kier alpha value is -0.660. The molecular formula is C14H22O2. The summed E-state index contributed by atoms with van der Waals surface area (Å²) in [6.45, 7) is 0. The Morgan fingerprint density at radius 2 is 0.875 bits per heavy atom. The molecular weight excluding hydrogens is 200 g/mol. The van der Waals surface area contributed by atoms with Crippen molar-refractivity contribution in [1.82, 2.24) is 0 Å². The van der Waals surface area contributed by atoms with Gasteiger partial charge in [-0.3, -0.25) is 0 Å². The molecule has 2 rings (SSSR count). The molecule has 16 heavy (non-hydrogen) atoms. The smallest absolute Gasteiger partial charge is 0.127 e. The van der Waals surface area contributed by atoms with Crippen LogP contribution >= 0.6 is 0 Å². The summed E-state index contributed by atoms with van der Waals surface area (Å²) in [7, 11) is 0. The van der Waals surface area contributed by atoms with E-state index >= 15 is 0 Å². The molecule has 2 aliphatic rings. The van der Waals surface area contributed by atoms with Gasteiger partial charge in [-0.1, -0.05) is 38.5 Å². The molecule has 0 saturated heterocycles. The molecule has 0 heterocycles. The lowest BCUT2D eigenvalue weighted by atomic mass is 9.53. The van der Waals surface area contributed by atoms with Crippen LogP contribution in [0.15, 0.2) is 0 Å². The lowest BCUT2D eigenvalue weighted by Gasteiger charge is -2.48. The SMILES string of the molecule is O=CC1(C2(C=O)CCCCC2)CCCCC1. The van der Waals surface area contributed by atoms with Gasteiger partial charge in [0.2, 0.25) is 0 Å². The van der Waals surface area contributed by atoms with Crippen molar-refractivity contribution in [1.29, 1.82) is 0 Å². The maximum Gasteiger partial charge on any atom is 0.127 e. The minimum absolute atomic E-state index is 0.312. The fourth-order valence-electron chi connectivity index (χ4n) is 3.83. The third kappa shape index (κ3) is 1.72. The van der Waals surface area contributed by atoms with Crippen molar-refractivity contribution in [2.75, 3.05) is 0 Å². The van der Waals surface area contributed by atoms with Crippen molar-refractivity contribution in [3.8, 4) is 0 Å². The zero-order valence-electron chi connectivity index (χ0n) is 10.0. The van der Waals surface area contributed by atoms with Crippen LogP contribution in [0.3, 0.4) is 0 Å². The number of hydrogen-bond acceptors (Lipinski definition) is 2. The fourth-order valence-corrected chi connectivity index (χ4v) is 3.83. The molecule has 0 aromatic heterocycles. The van der Waals surface area contributed by atoms with E-state index in [1.165, 1.54) is 12.8 Å². The standard InChI is InChI=1S/C14H22O2/c15-11-13(7-3-1-4-8-13)14(12-16)9-5-2-6-10-14/h11-12H,1-10H2. The summed E-state index contributed by atoms with van der Waals surface area (Å²) in [4.78, 5) is 23.2. The topological polar surface area (TPSA) is 34.1 Å². The van der Waals surface area contributed by atoms with E-state index in [9.17, 15) is 9.59 Å². The highest BCUT2D eigenvalue weighted by atomic mass is 16.1. The summed E-state index contributed by atoms with van der Waals surface area (Å²) in [5.41, 5.74) is -0.624. The fraction of sp³-hybridized carbons (Fsp3) is 0.857. The van der Waals surface area contributed by atoms with Crippen molar-refractivity contribution in [3.63, 3.8) is 0 Å². The second kappa shape index (κ2) is 4.68. The highest BCUT2D eigenvalue weighted by Crippen LogP contribution is 2.54. The molecule has 2 nitrogen and oxygen atoms in total. The molecule has 2 saturated carbocycles. The van der Waals surface area contributed by atoms with Gasteiger partial charge >= 0.3 is 0 Å². The van der Waals surface area contributed by atoms with Crippen molar-refractivity contribution >= 4 is 12.6 Å². The Morgan fingerprint density at radius 1 is 0.562 bits per heavy atom. The first-order valence-corrected chi connectivity index (χ1v) is 6.71. The first kappa shape index (κ1) is 11.8. The van der Waals surface area contributed by atoms with Crippen molar-refractivity contribution in [3.05, 3.63) is 0 Å². The molecule has 0 unspecified atom stereocenters. The van der Waals surface area contributed by atoms with E-state index in [0.29, 0.717) is 0 Å². The Morgan fingerprint density at radius 3 is 1.12 bits per heavy atom. The largest absolute Gasteiger partial charge is 0.303 e. The van der Waals surface area contributed by atoms with E-state index in [-0.39, 0.29) is 10.8 Å². The van der Waals surface area contributed by atoms with Crippen molar-refractivity contribution < 1.29 is 9.59 Å². The van der Waals surface area contributed by atoms with E-state index in [1.807, 2.05) is 0 Å². The number of carbonyl (C=O) groups is 2. The average molecular weight is 222 g/mol. The summed E-state index contributed by atoms with van der Waals surface area (Å²) in [6.07, 6.45) is 13.0. The predicted octanol–water partition coefficient (Wildman–Crippen LogP) is 3.29. The van der Waals surface area contributed by atoms with E-state index in [1.54, 1.807) is 0 Å². The summed E-state index contributed by atoms with van der Waals surface area (Å²) in [6, 6.07) is 0. The van der Waals surface area contributed by atoms with Gasteiger partial charge in [0.25, 0.3) is 0 Å². The van der Waals surface area contributed by atoms with Crippen LogP contribution in [0.4, 0.5) is 0 Å². The van der Waals surface area contributed by atoms with Crippen molar-refractivity contribution in [2.24, 2.45) is 10.8 Å². The van der Waals surface area contributed by atoms with E-state index in [4.69, 9.17) is 0 Å². The number of rotatable bonds is 3. The number of hydrogen-bond donors (Lipinski definition) is 0. The van der Waals surface area contributed by atoms with Crippen LogP contribution in [0.5, 0.6) is 0 Å². The minimum Gasteiger partial charge on any atom is -0.303 e. The molecule has 0 spiro atoms. The van der Waals surface area contributed by atoms with Gasteiger partial charge in [0, 0.05) is 10.8 Å². The first-order valence-electron chi connectivity index (χ1n) is 6.71. The highest BCUT2D eigenvalue weighted by molar-refractivity contribution is 5.73. The van der Waals surface area contributed by atoms with E-state index < -0.39 is 0 Å². The monoisotopic (exact) mass is 222 g/mol. The predicted molar refractivity (Wildman–Crippen MR) is 63.2 cm³/mol. The lowest BCUT2D eigenvalue weighted by Crippen LogP contribution is -2.47. The van der Waals surface area contributed by atoms with Gasteiger partial charge in [0.05, 0.1) is 0 Å². The third-order valence-electron chi connectivity index (χ3n) is 4.93. The molecule has 0 radical (unpaired) electrons.